The molecule has 1 atom stereocenters. The van der Waals surface area contributed by atoms with Gasteiger partial charge in [-0.15, -0.1) is 0 Å². The molecule has 0 bridgehead atoms. The van der Waals surface area contributed by atoms with Crippen LogP contribution < -0.4 is 4.90 Å². The zero-order valence-electron chi connectivity index (χ0n) is 18.6. The third-order valence-corrected chi connectivity index (χ3v) is 9.44. The summed E-state index contributed by atoms with van der Waals surface area (Å²) >= 11 is 1.48. The Labute approximate surface area is 202 Å². The number of thiazole rings is 1. The van der Waals surface area contributed by atoms with E-state index in [0.717, 1.165) is 29.1 Å². The minimum atomic E-state index is -3.95. The maximum atomic E-state index is 14.1. The van der Waals surface area contributed by atoms with Crippen LogP contribution in [0, 0.1) is 11.7 Å². The first kappa shape index (κ1) is 23.3. The number of aromatic nitrogens is 1. The van der Waals surface area contributed by atoms with Crippen molar-refractivity contribution < 1.29 is 22.3 Å². The van der Waals surface area contributed by atoms with Gasteiger partial charge in [0.05, 0.1) is 22.9 Å². The van der Waals surface area contributed by atoms with Crippen LogP contribution in [0.25, 0.3) is 10.2 Å². The summed E-state index contributed by atoms with van der Waals surface area (Å²) in [6.07, 6.45) is 2.59. The van der Waals surface area contributed by atoms with Crippen LogP contribution in [0.4, 0.5) is 9.52 Å². The minimum Gasteiger partial charge on any atom is -0.376 e. The van der Waals surface area contributed by atoms with Crippen molar-refractivity contribution in [2.75, 3.05) is 31.1 Å². The summed E-state index contributed by atoms with van der Waals surface area (Å²) in [5.74, 6) is -1.16. The maximum Gasteiger partial charge on any atom is 0.245 e. The summed E-state index contributed by atoms with van der Waals surface area (Å²) < 4.78 is 48.1. The maximum absolute atomic E-state index is 14.1. The van der Waals surface area contributed by atoms with E-state index in [-0.39, 0.29) is 35.9 Å². The number of para-hydroxylation sites is 1. The van der Waals surface area contributed by atoms with E-state index in [1.165, 1.54) is 33.8 Å². The van der Waals surface area contributed by atoms with Gasteiger partial charge >= 0.3 is 0 Å². The molecule has 2 aliphatic rings. The van der Waals surface area contributed by atoms with Crippen molar-refractivity contribution in [1.29, 1.82) is 0 Å². The molecule has 180 valence electrons. The van der Waals surface area contributed by atoms with Crippen molar-refractivity contribution >= 4 is 42.6 Å². The molecule has 2 saturated heterocycles. The fourth-order valence-corrected chi connectivity index (χ4v) is 7.10. The summed E-state index contributed by atoms with van der Waals surface area (Å²) in [4.78, 5) is 19.8. The van der Waals surface area contributed by atoms with Gasteiger partial charge in [-0.05, 0) is 49.9 Å². The first-order valence-electron chi connectivity index (χ1n) is 11.5. The Morgan fingerprint density at radius 3 is 2.56 bits per heavy atom. The molecule has 1 amide bonds. The van der Waals surface area contributed by atoms with Crippen LogP contribution in [0.2, 0.25) is 0 Å². The molecule has 7 nitrogen and oxygen atoms in total. The quantitative estimate of drug-likeness (QED) is 0.507. The number of hydrogen-bond donors (Lipinski definition) is 0. The van der Waals surface area contributed by atoms with Gasteiger partial charge in [0.2, 0.25) is 15.9 Å². The van der Waals surface area contributed by atoms with Crippen LogP contribution in [0.5, 0.6) is 0 Å². The van der Waals surface area contributed by atoms with Crippen LogP contribution in [0.3, 0.4) is 0 Å². The fourth-order valence-electron chi connectivity index (χ4n) is 4.59. The fraction of sp³-hybridized carbons (Fsp3) is 0.417. The zero-order valence-corrected chi connectivity index (χ0v) is 20.2. The van der Waals surface area contributed by atoms with Gasteiger partial charge in [-0.1, -0.05) is 35.6 Å². The number of benzene rings is 2. The molecule has 0 aliphatic carbocycles. The molecule has 1 unspecified atom stereocenters. The van der Waals surface area contributed by atoms with Crippen LogP contribution in [-0.4, -0.2) is 56.0 Å². The number of piperidine rings is 1. The molecule has 2 aromatic carbocycles. The lowest BCUT2D eigenvalue weighted by atomic mass is 9.96. The van der Waals surface area contributed by atoms with E-state index >= 15 is 0 Å². The Balaban J connectivity index is 1.33. The summed E-state index contributed by atoms with van der Waals surface area (Å²) in [5, 5.41) is 0.642. The Hall–Kier alpha value is -2.40. The van der Waals surface area contributed by atoms with Crippen LogP contribution in [-0.2, 0) is 19.6 Å². The SMILES string of the molecule is O=C(C1CCN(S(=O)(=O)c2ccccc2F)CC1)N(CC1CCCO1)c1nc2ccccc2s1. The van der Waals surface area contributed by atoms with Gasteiger partial charge in [0, 0.05) is 25.6 Å². The highest BCUT2D eigenvalue weighted by Crippen LogP contribution is 2.33. The molecule has 0 radical (unpaired) electrons. The number of nitrogens with zero attached hydrogens (tertiary/aromatic N) is 3. The molecular formula is C24H26FN3O4S2. The molecule has 0 spiro atoms. The number of fused-ring (bicyclic) bond motifs is 1. The number of amides is 1. The molecule has 0 saturated carbocycles. The standard InChI is InChI=1S/C24H26FN3O4S2/c25-19-7-1-4-10-22(19)34(30,31)27-13-11-17(12-14-27)23(29)28(16-18-6-5-15-32-18)24-26-20-8-2-3-9-21(20)33-24/h1-4,7-10,17-18H,5-6,11-16H2. The van der Waals surface area contributed by atoms with Gasteiger partial charge in [0.25, 0.3) is 0 Å². The molecule has 1 aromatic heterocycles. The third kappa shape index (κ3) is 4.59. The second-order valence-electron chi connectivity index (χ2n) is 8.66. The lowest BCUT2D eigenvalue weighted by molar-refractivity contribution is -0.123. The number of hydrogen-bond acceptors (Lipinski definition) is 6. The van der Waals surface area contributed by atoms with Crippen LogP contribution in [0.1, 0.15) is 25.7 Å². The van der Waals surface area contributed by atoms with Crippen molar-refractivity contribution in [1.82, 2.24) is 9.29 Å². The number of ether oxygens (including phenoxy) is 1. The first-order valence-corrected chi connectivity index (χ1v) is 13.7. The smallest absolute Gasteiger partial charge is 0.245 e. The normalized spacial score (nSPS) is 20.1. The van der Waals surface area contributed by atoms with E-state index in [1.54, 1.807) is 4.90 Å². The van der Waals surface area contributed by atoms with E-state index in [1.807, 2.05) is 24.3 Å². The van der Waals surface area contributed by atoms with E-state index in [4.69, 9.17) is 9.72 Å². The second-order valence-corrected chi connectivity index (χ2v) is 11.6. The summed E-state index contributed by atoms with van der Waals surface area (Å²) in [6.45, 7) is 1.46. The molecule has 2 aliphatic heterocycles. The Bertz CT molecular complexity index is 1250. The number of carbonyl (C=O) groups excluding carboxylic acids is 1. The van der Waals surface area contributed by atoms with E-state index < -0.39 is 15.8 Å². The second kappa shape index (κ2) is 9.69. The Morgan fingerprint density at radius 1 is 1.12 bits per heavy atom. The molecule has 0 N–H and O–H groups in total. The molecular weight excluding hydrogens is 477 g/mol. The molecule has 3 heterocycles. The van der Waals surface area contributed by atoms with Crippen molar-refractivity contribution in [3.63, 3.8) is 0 Å². The van der Waals surface area contributed by atoms with E-state index in [9.17, 15) is 17.6 Å². The van der Waals surface area contributed by atoms with Gasteiger partial charge in [-0.2, -0.15) is 4.31 Å². The monoisotopic (exact) mass is 503 g/mol. The number of sulfonamides is 1. The number of carbonyl (C=O) groups is 1. The molecule has 10 heteroatoms. The minimum absolute atomic E-state index is 0.0301. The molecule has 34 heavy (non-hydrogen) atoms. The lowest BCUT2D eigenvalue weighted by Crippen LogP contribution is -2.46. The summed E-state index contributed by atoms with van der Waals surface area (Å²) in [7, 11) is -3.95. The summed E-state index contributed by atoms with van der Waals surface area (Å²) in [5.41, 5.74) is 0.846. The van der Waals surface area contributed by atoms with Crippen LogP contribution >= 0.6 is 11.3 Å². The Morgan fingerprint density at radius 2 is 1.85 bits per heavy atom. The molecule has 5 rings (SSSR count). The van der Waals surface area contributed by atoms with Crippen molar-refractivity contribution in [2.24, 2.45) is 5.92 Å². The average Bonchev–Trinajstić information content (AvgIpc) is 3.52. The van der Waals surface area contributed by atoms with Crippen molar-refractivity contribution in [2.45, 2.75) is 36.7 Å². The predicted molar refractivity (Wildman–Crippen MR) is 129 cm³/mol. The van der Waals surface area contributed by atoms with Gasteiger partial charge in [0.1, 0.15) is 10.7 Å². The van der Waals surface area contributed by atoms with E-state index in [2.05, 4.69) is 0 Å². The number of anilines is 1. The predicted octanol–water partition coefficient (Wildman–Crippen LogP) is 4.05. The highest BCUT2D eigenvalue weighted by Gasteiger charge is 2.36. The zero-order chi connectivity index (χ0) is 23.7. The van der Waals surface area contributed by atoms with Gasteiger partial charge < -0.3 is 4.74 Å². The molecule has 2 fully saturated rings. The Kier molecular flexibility index (Phi) is 6.65. The number of rotatable bonds is 6. The highest BCUT2D eigenvalue weighted by molar-refractivity contribution is 7.89. The lowest BCUT2D eigenvalue weighted by Gasteiger charge is -2.33. The molecule has 3 aromatic rings. The average molecular weight is 504 g/mol. The van der Waals surface area contributed by atoms with Gasteiger partial charge in [-0.25, -0.2) is 17.8 Å². The van der Waals surface area contributed by atoms with Gasteiger partial charge in [-0.3, -0.25) is 9.69 Å². The van der Waals surface area contributed by atoms with E-state index in [0.29, 0.717) is 31.1 Å². The van der Waals surface area contributed by atoms with Crippen molar-refractivity contribution in [3.05, 3.63) is 54.3 Å². The van der Waals surface area contributed by atoms with Crippen LogP contribution in [0.15, 0.2) is 53.4 Å². The first-order chi connectivity index (χ1) is 16.4. The van der Waals surface area contributed by atoms with Gasteiger partial charge in [0.15, 0.2) is 5.13 Å². The largest absolute Gasteiger partial charge is 0.376 e. The third-order valence-electron chi connectivity index (χ3n) is 6.45. The highest BCUT2D eigenvalue weighted by atomic mass is 32.2. The topological polar surface area (TPSA) is 79.8 Å². The summed E-state index contributed by atoms with van der Waals surface area (Å²) in [6, 6.07) is 13.2. The van der Waals surface area contributed by atoms with Crippen molar-refractivity contribution in [3.8, 4) is 0 Å². The number of halogens is 1.